The van der Waals surface area contributed by atoms with Gasteiger partial charge in [-0.3, -0.25) is 19.7 Å². The number of carbonyl (C=O) groups is 3. The molecule has 1 aromatic rings. The first-order valence-electron chi connectivity index (χ1n) is 8.69. The zero-order chi connectivity index (χ0) is 19.9. The molecule has 1 aromatic carbocycles. The highest BCUT2D eigenvalue weighted by Gasteiger charge is 2.62. The van der Waals surface area contributed by atoms with Gasteiger partial charge in [-0.15, -0.1) is 0 Å². The van der Waals surface area contributed by atoms with E-state index in [2.05, 4.69) is 0 Å². The van der Waals surface area contributed by atoms with Gasteiger partial charge < -0.3 is 9.64 Å². The van der Waals surface area contributed by atoms with Crippen molar-refractivity contribution in [2.45, 2.75) is 46.3 Å². The van der Waals surface area contributed by atoms with Crippen molar-refractivity contribution in [2.24, 2.45) is 5.41 Å². The van der Waals surface area contributed by atoms with Crippen molar-refractivity contribution in [3.05, 3.63) is 51.2 Å². The molecular weight excluding hydrogens is 352 g/mol. The Hall–Kier alpha value is -3.03. The monoisotopic (exact) mass is 372 g/mol. The fourth-order valence-corrected chi connectivity index (χ4v) is 4.16. The molecule has 0 saturated carbocycles. The lowest BCUT2D eigenvalue weighted by Gasteiger charge is -2.44. The van der Waals surface area contributed by atoms with Gasteiger partial charge in [0.05, 0.1) is 16.4 Å². The van der Waals surface area contributed by atoms with Crippen LogP contribution in [0.2, 0.25) is 0 Å². The lowest BCUT2D eigenvalue weighted by atomic mass is 9.68. The standard InChI is InChI=1S/C19H20N2O6/c1-4-19(12(3)22)11(2)17(20-15(19)9-16(20)23)18(24)27-10-13-5-7-14(8-6-13)21(25)26/h5-8,15H,4,9-10H2,1-3H3/t15-,19?/m0/s1. The van der Waals surface area contributed by atoms with E-state index in [0.29, 0.717) is 17.6 Å². The van der Waals surface area contributed by atoms with Crippen molar-refractivity contribution in [3.8, 4) is 0 Å². The van der Waals surface area contributed by atoms with E-state index in [4.69, 9.17) is 4.74 Å². The number of β-lactam (4-membered cyclic amide) rings is 1. The number of Topliss-reactive ketones (excluding diaryl/α,β-unsaturated/α-hetero) is 1. The first kappa shape index (κ1) is 18.8. The van der Waals surface area contributed by atoms with Gasteiger partial charge in [-0.25, -0.2) is 4.79 Å². The van der Waals surface area contributed by atoms with Crippen LogP contribution in [0, 0.1) is 15.5 Å². The first-order valence-corrected chi connectivity index (χ1v) is 8.69. The minimum absolute atomic E-state index is 0.0531. The average molecular weight is 372 g/mol. The third-order valence-corrected chi connectivity index (χ3v) is 5.68. The van der Waals surface area contributed by atoms with E-state index in [9.17, 15) is 24.5 Å². The normalized spacial score (nSPS) is 23.7. The minimum atomic E-state index is -0.838. The average Bonchev–Trinajstić information content (AvgIpc) is 2.84. The van der Waals surface area contributed by atoms with Crippen LogP contribution in [-0.2, 0) is 25.7 Å². The van der Waals surface area contributed by atoms with Crippen LogP contribution in [0.25, 0.3) is 0 Å². The van der Waals surface area contributed by atoms with Gasteiger partial charge in [0, 0.05) is 18.6 Å². The number of amides is 1. The van der Waals surface area contributed by atoms with E-state index in [1.165, 1.54) is 36.1 Å². The summed E-state index contributed by atoms with van der Waals surface area (Å²) in [5.74, 6) is -0.929. The lowest BCUT2D eigenvalue weighted by molar-refractivity contribution is -0.384. The van der Waals surface area contributed by atoms with Crippen molar-refractivity contribution < 1.29 is 24.0 Å². The molecule has 8 heteroatoms. The summed E-state index contributed by atoms with van der Waals surface area (Å²) in [4.78, 5) is 48.7. The number of nitro benzene ring substituents is 1. The SMILES string of the molecule is CCC1(C(C)=O)C(C)=C(C(=O)OCc2ccc([N+](=O)[O-])cc2)N2C(=O)C[C@H]21. The van der Waals surface area contributed by atoms with Crippen molar-refractivity contribution >= 4 is 23.3 Å². The van der Waals surface area contributed by atoms with Crippen LogP contribution in [0.4, 0.5) is 5.69 Å². The topological polar surface area (TPSA) is 107 Å². The van der Waals surface area contributed by atoms with Crippen molar-refractivity contribution in [2.75, 3.05) is 0 Å². The molecule has 1 saturated heterocycles. The van der Waals surface area contributed by atoms with Crippen LogP contribution in [0.5, 0.6) is 0 Å². The first-order chi connectivity index (χ1) is 12.7. The quantitative estimate of drug-likeness (QED) is 0.329. The van der Waals surface area contributed by atoms with E-state index >= 15 is 0 Å². The molecule has 1 fully saturated rings. The predicted molar refractivity (Wildman–Crippen MR) is 94.2 cm³/mol. The Morgan fingerprint density at radius 1 is 1.33 bits per heavy atom. The molecule has 0 bridgehead atoms. The minimum Gasteiger partial charge on any atom is -0.456 e. The maximum Gasteiger partial charge on any atom is 0.355 e. The number of nitrogens with zero attached hydrogens (tertiary/aromatic N) is 2. The molecule has 27 heavy (non-hydrogen) atoms. The maximum atomic E-state index is 12.7. The lowest BCUT2D eigenvalue weighted by Crippen LogP contribution is -2.57. The number of carbonyl (C=O) groups excluding carboxylic acids is 3. The van der Waals surface area contributed by atoms with Gasteiger partial charge in [-0.1, -0.05) is 6.92 Å². The van der Waals surface area contributed by atoms with Gasteiger partial charge in [0.25, 0.3) is 5.69 Å². The molecule has 2 heterocycles. The second-order valence-corrected chi connectivity index (χ2v) is 6.84. The fraction of sp³-hybridized carbons (Fsp3) is 0.421. The second kappa shape index (κ2) is 6.61. The molecule has 2 aliphatic rings. The second-order valence-electron chi connectivity index (χ2n) is 6.84. The Labute approximate surface area is 155 Å². The summed E-state index contributed by atoms with van der Waals surface area (Å²) < 4.78 is 5.33. The Morgan fingerprint density at radius 3 is 2.44 bits per heavy atom. The van der Waals surface area contributed by atoms with E-state index in [-0.39, 0.29) is 42.1 Å². The van der Waals surface area contributed by atoms with Crippen LogP contribution in [0.15, 0.2) is 35.5 Å². The van der Waals surface area contributed by atoms with E-state index < -0.39 is 16.3 Å². The molecule has 2 aliphatic heterocycles. The summed E-state index contributed by atoms with van der Waals surface area (Å²) >= 11 is 0. The summed E-state index contributed by atoms with van der Waals surface area (Å²) in [5.41, 5.74) is 0.417. The van der Waals surface area contributed by atoms with Crippen LogP contribution < -0.4 is 0 Å². The molecule has 0 radical (unpaired) electrons. The summed E-state index contributed by atoms with van der Waals surface area (Å²) in [7, 11) is 0. The zero-order valence-electron chi connectivity index (χ0n) is 15.4. The molecule has 2 atom stereocenters. The third-order valence-electron chi connectivity index (χ3n) is 5.68. The summed E-state index contributed by atoms with van der Waals surface area (Å²) in [5, 5.41) is 10.7. The number of esters is 1. The molecule has 0 aromatic heterocycles. The van der Waals surface area contributed by atoms with Gasteiger partial charge in [-0.05, 0) is 43.5 Å². The summed E-state index contributed by atoms with van der Waals surface area (Å²) in [6.45, 7) is 4.98. The van der Waals surface area contributed by atoms with Crippen molar-refractivity contribution in [1.29, 1.82) is 0 Å². The highest BCUT2D eigenvalue weighted by molar-refractivity contribution is 6.04. The maximum absolute atomic E-state index is 12.7. The summed E-state index contributed by atoms with van der Waals surface area (Å²) in [6.07, 6.45) is 0.742. The molecule has 3 rings (SSSR count). The number of non-ortho nitro benzene ring substituents is 1. The van der Waals surface area contributed by atoms with Gasteiger partial charge in [0.15, 0.2) is 0 Å². The van der Waals surface area contributed by atoms with E-state index in [1.54, 1.807) is 6.92 Å². The largest absolute Gasteiger partial charge is 0.456 e. The highest BCUT2D eigenvalue weighted by Crippen LogP contribution is 2.53. The number of hydrogen-bond acceptors (Lipinski definition) is 6. The molecule has 1 amide bonds. The predicted octanol–water partition coefficient (Wildman–Crippen LogP) is 2.51. The number of benzene rings is 1. The van der Waals surface area contributed by atoms with Crippen LogP contribution in [0.1, 0.15) is 39.2 Å². The van der Waals surface area contributed by atoms with Crippen molar-refractivity contribution in [3.63, 3.8) is 0 Å². The molecule has 0 spiro atoms. The van der Waals surface area contributed by atoms with Gasteiger partial charge >= 0.3 is 5.97 Å². The Balaban J connectivity index is 1.81. The zero-order valence-corrected chi connectivity index (χ0v) is 15.4. The van der Waals surface area contributed by atoms with E-state index in [1.807, 2.05) is 6.92 Å². The van der Waals surface area contributed by atoms with Crippen LogP contribution in [0.3, 0.4) is 0 Å². The van der Waals surface area contributed by atoms with Crippen LogP contribution in [-0.4, -0.2) is 33.5 Å². The molecule has 0 aliphatic carbocycles. The Morgan fingerprint density at radius 2 is 1.96 bits per heavy atom. The smallest absolute Gasteiger partial charge is 0.355 e. The number of ketones is 1. The number of nitro groups is 1. The third kappa shape index (κ3) is 2.72. The Bertz CT molecular complexity index is 873. The molecule has 0 N–H and O–H groups in total. The van der Waals surface area contributed by atoms with Gasteiger partial charge in [0.1, 0.15) is 18.1 Å². The number of hydrogen-bond donors (Lipinski definition) is 0. The number of rotatable bonds is 6. The summed E-state index contributed by atoms with van der Waals surface area (Å²) in [6, 6.07) is 5.34. The molecule has 1 unspecified atom stereocenters. The Kier molecular flexibility index (Phi) is 4.59. The van der Waals surface area contributed by atoms with Gasteiger partial charge in [-0.2, -0.15) is 0 Å². The molecule has 142 valence electrons. The number of fused-ring (bicyclic) bond motifs is 1. The fourth-order valence-electron chi connectivity index (χ4n) is 4.16. The number of ether oxygens (including phenoxy) is 1. The highest BCUT2D eigenvalue weighted by atomic mass is 16.6. The van der Waals surface area contributed by atoms with Gasteiger partial charge in [0.2, 0.25) is 5.91 Å². The van der Waals surface area contributed by atoms with Crippen LogP contribution >= 0.6 is 0 Å². The van der Waals surface area contributed by atoms with Crippen molar-refractivity contribution in [1.82, 2.24) is 4.90 Å². The van der Waals surface area contributed by atoms with E-state index in [0.717, 1.165) is 0 Å². The molecular formula is C19H20N2O6. The molecule has 8 nitrogen and oxygen atoms in total.